The maximum absolute atomic E-state index is 11.5. The van der Waals surface area contributed by atoms with E-state index in [0.717, 1.165) is 12.0 Å². The summed E-state index contributed by atoms with van der Waals surface area (Å²) in [5.41, 5.74) is 7.16. The summed E-state index contributed by atoms with van der Waals surface area (Å²) in [6.45, 7) is 5.03. The van der Waals surface area contributed by atoms with E-state index in [1.54, 1.807) is 12.3 Å². The van der Waals surface area contributed by atoms with E-state index < -0.39 is 0 Å². The van der Waals surface area contributed by atoms with E-state index in [1.807, 2.05) is 13.8 Å². The molecule has 0 spiro atoms. The number of pyridine rings is 1. The number of aromatic nitrogens is 1. The highest BCUT2D eigenvalue weighted by Gasteiger charge is 2.04. The van der Waals surface area contributed by atoms with Gasteiger partial charge in [0.15, 0.2) is 0 Å². The normalized spacial score (nSPS) is 10.2. The van der Waals surface area contributed by atoms with Gasteiger partial charge in [0.2, 0.25) is 5.91 Å². The summed E-state index contributed by atoms with van der Waals surface area (Å²) in [6.07, 6.45) is 2.84. The molecular weight excluding hydrogens is 218 g/mol. The number of aryl methyl sites for hydroxylation is 1. The van der Waals surface area contributed by atoms with Gasteiger partial charge in [0.05, 0.1) is 24.9 Å². The van der Waals surface area contributed by atoms with Gasteiger partial charge in [0.1, 0.15) is 5.82 Å². The van der Waals surface area contributed by atoms with Crippen molar-refractivity contribution in [3.63, 3.8) is 0 Å². The molecule has 0 aliphatic carbocycles. The van der Waals surface area contributed by atoms with E-state index in [0.29, 0.717) is 31.1 Å². The predicted molar refractivity (Wildman–Crippen MR) is 67.7 cm³/mol. The first-order chi connectivity index (χ1) is 8.13. The van der Waals surface area contributed by atoms with Crippen LogP contribution in [-0.4, -0.2) is 24.1 Å². The van der Waals surface area contributed by atoms with E-state index in [1.165, 1.54) is 0 Å². The van der Waals surface area contributed by atoms with E-state index in [4.69, 9.17) is 10.5 Å². The van der Waals surface area contributed by atoms with Crippen LogP contribution in [0.2, 0.25) is 0 Å². The predicted octanol–water partition coefficient (Wildman–Crippen LogP) is 1.73. The Balaban J connectivity index is 2.37. The highest BCUT2D eigenvalue weighted by Crippen LogP contribution is 2.13. The number of hydrogen-bond donors (Lipinski definition) is 2. The minimum Gasteiger partial charge on any atom is -0.397 e. The molecule has 0 saturated heterocycles. The molecule has 0 aromatic carbocycles. The second-order valence-electron chi connectivity index (χ2n) is 3.84. The molecule has 0 bridgehead atoms. The average Bonchev–Trinajstić information content (AvgIpc) is 2.30. The van der Waals surface area contributed by atoms with Crippen LogP contribution in [0, 0.1) is 6.92 Å². The van der Waals surface area contributed by atoms with Crippen LogP contribution in [0.5, 0.6) is 0 Å². The van der Waals surface area contributed by atoms with Gasteiger partial charge in [-0.15, -0.1) is 0 Å². The van der Waals surface area contributed by atoms with Crippen molar-refractivity contribution in [3.05, 3.63) is 17.8 Å². The average molecular weight is 237 g/mol. The summed E-state index contributed by atoms with van der Waals surface area (Å²) in [5, 5.41) is 2.70. The molecule has 1 rings (SSSR count). The second-order valence-corrected chi connectivity index (χ2v) is 3.84. The molecular formula is C12H19N3O2. The lowest BCUT2D eigenvalue weighted by Gasteiger charge is -2.06. The largest absolute Gasteiger partial charge is 0.397 e. The number of carbonyl (C=O) groups excluding carboxylic acids is 1. The van der Waals surface area contributed by atoms with Crippen LogP contribution < -0.4 is 11.1 Å². The third-order valence-corrected chi connectivity index (χ3v) is 2.24. The molecule has 5 nitrogen and oxygen atoms in total. The summed E-state index contributed by atoms with van der Waals surface area (Å²) in [5.74, 6) is 0.426. The molecule has 1 amide bonds. The third kappa shape index (κ3) is 4.82. The van der Waals surface area contributed by atoms with Crippen LogP contribution in [0.1, 0.15) is 25.3 Å². The minimum atomic E-state index is -0.0993. The topological polar surface area (TPSA) is 77.2 Å². The van der Waals surface area contributed by atoms with Gasteiger partial charge in [0.25, 0.3) is 0 Å². The molecule has 1 aromatic rings. The molecule has 94 valence electrons. The van der Waals surface area contributed by atoms with Gasteiger partial charge in [-0.1, -0.05) is 6.92 Å². The monoisotopic (exact) mass is 237 g/mol. The molecule has 3 N–H and O–H groups in total. The molecule has 0 aliphatic heterocycles. The van der Waals surface area contributed by atoms with Crippen LogP contribution >= 0.6 is 0 Å². The van der Waals surface area contributed by atoms with Crippen molar-refractivity contribution in [2.24, 2.45) is 0 Å². The molecule has 5 heteroatoms. The quantitative estimate of drug-likeness (QED) is 0.739. The van der Waals surface area contributed by atoms with Crippen molar-refractivity contribution in [1.82, 2.24) is 4.98 Å². The van der Waals surface area contributed by atoms with Crippen molar-refractivity contribution in [2.75, 3.05) is 24.3 Å². The zero-order valence-electron chi connectivity index (χ0n) is 10.3. The molecule has 0 saturated carbocycles. The molecule has 1 heterocycles. The maximum Gasteiger partial charge on any atom is 0.227 e. The van der Waals surface area contributed by atoms with E-state index in [9.17, 15) is 4.79 Å². The van der Waals surface area contributed by atoms with Crippen molar-refractivity contribution in [1.29, 1.82) is 0 Å². The van der Waals surface area contributed by atoms with Crippen LogP contribution in [0.15, 0.2) is 12.3 Å². The summed E-state index contributed by atoms with van der Waals surface area (Å²) >= 11 is 0. The summed E-state index contributed by atoms with van der Waals surface area (Å²) in [4.78, 5) is 15.5. The lowest BCUT2D eigenvalue weighted by atomic mass is 10.2. The van der Waals surface area contributed by atoms with Crippen LogP contribution in [-0.2, 0) is 9.53 Å². The molecule has 0 fully saturated rings. The van der Waals surface area contributed by atoms with Crippen LogP contribution in [0.3, 0.4) is 0 Å². The number of nitrogens with one attached hydrogen (secondary N) is 1. The van der Waals surface area contributed by atoms with Crippen LogP contribution in [0.4, 0.5) is 11.5 Å². The lowest BCUT2D eigenvalue weighted by molar-refractivity contribution is -0.117. The third-order valence-electron chi connectivity index (χ3n) is 2.24. The van der Waals surface area contributed by atoms with Crippen LogP contribution in [0.25, 0.3) is 0 Å². The molecule has 1 aromatic heterocycles. The zero-order chi connectivity index (χ0) is 12.7. The second kappa shape index (κ2) is 6.85. The smallest absolute Gasteiger partial charge is 0.227 e. The van der Waals surface area contributed by atoms with Gasteiger partial charge >= 0.3 is 0 Å². The summed E-state index contributed by atoms with van der Waals surface area (Å²) in [7, 11) is 0. The number of anilines is 2. The Bertz CT molecular complexity index is 380. The fourth-order valence-electron chi connectivity index (χ4n) is 1.25. The number of nitrogen functional groups attached to an aromatic ring is 1. The number of rotatable bonds is 6. The summed E-state index contributed by atoms with van der Waals surface area (Å²) < 4.78 is 5.23. The molecule has 0 aliphatic rings. The molecule has 0 atom stereocenters. The first kappa shape index (κ1) is 13.4. The number of nitrogens with zero attached hydrogens (tertiary/aromatic N) is 1. The summed E-state index contributed by atoms with van der Waals surface area (Å²) in [6, 6.07) is 1.75. The Morgan fingerprint density at radius 1 is 1.53 bits per heavy atom. The van der Waals surface area contributed by atoms with E-state index in [-0.39, 0.29) is 5.91 Å². The first-order valence-electron chi connectivity index (χ1n) is 5.73. The number of ether oxygens (including phenoxy) is 1. The van der Waals surface area contributed by atoms with Crippen molar-refractivity contribution >= 4 is 17.4 Å². The van der Waals surface area contributed by atoms with Gasteiger partial charge in [-0.05, 0) is 25.0 Å². The Morgan fingerprint density at radius 3 is 2.94 bits per heavy atom. The number of amides is 1. The first-order valence-corrected chi connectivity index (χ1v) is 5.73. The van der Waals surface area contributed by atoms with Gasteiger partial charge in [-0.2, -0.15) is 0 Å². The van der Waals surface area contributed by atoms with Gasteiger partial charge in [-0.3, -0.25) is 4.79 Å². The maximum atomic E-state index is 11.5. The fraction of sp³-hybridized carbons (Fsp3) is 0.500. The lowest BCUT2D eigenvalue weighted by Crippen LogP contribution is -2.15. The molecule has 0 radical (unpaired) electrons. The van der Waals surface area contributed by atoms with Gasteiger partial charge in [0, 0.05) is 6.61 Å². The SMILES string of the molecule is CCCOCCC(=O)Nc1cc(C)c(N)cn1. The van der Waals surface area contributed by atoms with Crippen molar-refractivity contribution in [2.45, 2.75) is 26.7 Å². The standard InChI is InChI=1S/C12H19N3O2/c1-3-5-17-6-4-12(16)15-11-7-9(2)10(13)8-14-11/h7-8H,3-6,13H2,1-2H3,(H,14,15,16). The van der Waals surface area contributed by atoms with E-state index >= 15 is 0 Å². The Morgan fingerprint density at radius 2 is 2.29 bits per heavy atom. The highest BCUT2D eigenvalue weighted by atomic mass is 16.5. The van der Waals surface area contributed by atoms with Gasteiger partial charge < -0.3 is 15.8 Å². The zero-order valence-corrected chi connectivity index (χ0v) is 10.3. The van der Waals surface area contributed by atoms with Crippen molar-refractivity contribution in [3.8, 4) is 0 Å². The minimum absolute atomic E-state index is 0.0993. The van der Waals surface area contributed by atoms with Crippen molar-refractivity contribution < 1.29 is 9.53 Å². The number of nitrogens with two attached hydrogens (primary N) is 1. The van der Waals surface area contributed by atoms with Gasteiger partial charge in [-0.25, -0.2) is 4.98 Å². The Labute approximate surface area is 101 Å². The highest BCUT2D eigenvalue weighted by molar-refractivity contribution is 5.90. The Kier molecular flexibility index (Phi) is 5.42. The van der Waals surface area contributed by atoms with E-state index in [2.05, 4.69) is 10.3 Å². The Hall–Kier alpha value is -1.62. The molecule has 0 unspecified atom stereocenters. The molecule has 17 heavy (non-hydrogen) atoms. The number of hydrogen-bond acceptors (Lipinski definition) is 4. The number of carbonyl (C=O) groups is 1. The fourth-order valence-corrected chi connectivity index (χ4v) is 1.25.